The van der Waals surface area contributed by atoms with Gasteiger partial charge in [-0.1, -0.05) is 13.8 Å². The second-order valence-corrected chi connectivity index (χ2v) is 2.81. The summed E-state index contributed by atoms with van der Waals surface area (Å²) in [5, 5.41) is 0. The molecule has 1 rings (SSSR count). The third kappa shape index (κ3) is 1.94. The minimum absolute atomic E-state index is 0.432. The number of rotatable bonds is 3. The Morgan fingerprint density at radius 1 is 1.42 bits per heavy atom. The summed E-state index contributed by atoms with van der Waals surface area (Å²) in [4.78, 5) is 8.07. The van der Waals surface area contributed by atoms with Gasteiger partial charge < -0.3 is 4.74 Å². The lowest BCUT2D eigenvalue weighted by atomic mass is 10.0. The molecule has 3 nitrogen and oxygen atoms in total. The van der Waals surface area contributed by atoms with Crippen LogP contribution >= 0.6 is 0 Å². The van der Waals surface area contributed by atoms with Crippen LogP contribution in [0.25, 0.3) is 0 Å². The maximum Gasteiger partial charge on any atom is 0.316 e. The molecule has 12 heavy (non-hydrogen) atoms. The molecule has 0 saturated carbocycles. The van der Waals surface area contributed by atoms with Gasteiger partial charge in [-0.25, -0.2) is 9.97 Å². The quantitative estimate of drug-likeness (QED) is 0.688. The molecule has 0 aliphatic carbocycles. The number of methoxy groups -OCH3 is 1. The van der Waals surface area contributed by atoms with Crippen molar-refractivity contribution >= 4 is 0 Å². The molecule has 0 N–H and O–H groups in total. The van der Waals surface area contributed by atoms with Gasteiger partial charge >= 0.3 is 6.01 Å². The normalized spacial score (nSPS) is 12.6. The molecule has 3 heteroatoms. The van der Waals surface area contributed by atoms with E-state index < -0.39 is 0 Å². The van der Waals surface area contributed by atoms with Crippen molar-refractivity contribution in [2.75, 3.05) is 7.11 Å². The van der Waals surface area contributed by atoms with E-state index in [0.717, 1.165) is 6.42 Å². The highest BCUT2D eigenvalue weighted by Gasteiger charge is 2.03. The van der Waals surface area contributed by atoms with Crippen LogP contribution in [0.15, 0.2) is 12.4 Å². The molecule has 1 unspecified atom stereocenters. The van der Waals surface area contributed by atoms with Gasteiger partial charge in [0.2, 0.25) is 0 Å². The van der Waals surface area contributed by atoms with Crippen LogP contribution in [-0.2, 0) is 0 Å². The third-order valence-electron chi connectivity index (χ3n) is 2.01. The summed E-state index contributed by atoms with van der Waals surface area (Å²) >= 11 is 0. The molecule has 0 bridgehead atoms. The zero-order chi connectivity index (χ0) is 8.97. The summed E-state index contributed by atoms with van der Waals surface area (Å²) in [5.74, 6) is 0.524. The van der Waals surface area contributed by atoms with E-state index in [2.05, 4.69) is 23.8 Å². The Hall–Kier alpha value is -1.12. The summed E-state index contributed by atoms with van der Waals surface area (Å²) in [5.41, 5.74) is 1.17. The van der Waals surface area contributed by atoms with Gasteiger partial charge in [0.15, 0.2) is 0 Å². The highest BCUT2D eigenvalue weighted by molar-refractivity contribution is 5.11. The summed E-state index contributed by atoms with van der Waals surface area (Å²) in [7, 11) is 1.57. The molecule has 1 aromatic heterocycles. The Bertz CT molecular complexity index is 233. The fourth-order valence-electron chi connectivity index (χ4n) is 0.922. The lowest BCUT2D eigenvalue weighted by molar-refractivity contribution is 0.379. The predicted octanol–water partition coefficient (Wildman–Crippen LogP) is 2.00. The third-order valence-corrected chi connectivity index (χ3v) is 2.01. The van der Waals surface area contributed by atoms with Gasteiger partial charge in [0.1, 0.15) is 0 Å². The Morgan fingerprint density at radius 2 is 2.00 bits per heavy atom. The van der Waals surface area contributed by atoms with Crippen LogP contribution in [0.1, 0.15) is 31.7 Å². The van der Waals surface area contributed by atoms with Crippen molar-refractivity contribution in [1.29, 1.82) is 0 Å². The predicted molar refractivity (Wildman–Crippen MR) is 47.3 cm³/mol. The molecule has 1 atom stereocenters. The summed E-state index contributed by atoms with van der Waals surface area (Å²) in [6.07, 6.45) is 4.75. The SMILES string of the molecule is CCC(C)c1cnc(OC)nc1. The van der Waals surface area contributed by atoms with Crippen LogP contribution in [0.5, 0.6) is 6.01 Å². The number of hydrogen-bond acceptors (Lipinski definition) is 3. The Morgan fingerprint density at radius 3 is 2.42 bits per heavy atom. The monoisotopic (exact) mass is 166 g/mol. The Kier molecular flexibility index (Phi) is 3.02. The van der Waals surface area contributed by atoms with Crippen molar-refractivity contribution in [2.45, 2.75) is 26.2 Å². The van der Waals surface area contributed by atoms with Gasteiger partial charge in [0.05, 0.1) is 7.11 Å². The van der Waals surface area contributed by atoms with Crippen molar-refractivity contribution in [3.8, 4) is 6.01 Å². The average molecular weight is 166 g/mol. The summed E-state index contributed by atoms with van der Waals surface area (Å²) < 4.78 is 4.86. The van der Waals surface area contributed by atoms with Gasteiger partial charge in [-0.3, -0.25) is 0 Å². The van der Waals surface area contributed by atoms with Crippen LogP contribution in [0.2, 0.25) is 0 Å². The van der Waals surface area contributed by atoms with Crippen LogP contribution in [0.4, 0.5) is 0 Å². The molecule has 0 radical (unpaired) electrons. The zero-order valence-electron chi connectivity index (χ0n) is 7.74. The van der Waals surface area contributed by atoms with Crippen LogP contribution in [0, 0.1) is 0 Å². The first-order chi connectivity index (χ1) is 5.77. The Labute approximate surface area is 72.8 Å². The van der Waals surface area contributed by atoms with E-state index >= 15 is 0 Å². The largest absolute Gasteiger partial charge is 0.467 e. The van der Waals surface area contributed by atoms with Gasteiger partial charge in [0, 0.05) is 12.4 Å². The zero-order valence-corrected chi connectivity index (χ0v) is 7.74. The maximum atomic E-state index is 4.86. The van der Waals surface area contributed by atoms with E-state index in [0.29, 0.717) is 11.9 Å². The molecule has 0 aliphatic heterocycles. The molecule has 0 aromatic carbocycles. The van der Waals surface area contributed by atoms with Crippen LogP contribution in [-0.4, -0.2) is 17.1 Å². The number of hydrogen-bond donors (Lipinski definition) is 0. The molecule has 0 aliphatic rings. The summed E-state index contributed by atoms with van der Waals surface area (Å²) in [6.45, 7) is 4.31. The van der Waals surface area contributed by atoms with Crippen molar-refractivity contribution in [3.63, 3.8) is 0 Å². The molecular weight excluding hydrogens is 152 g/mol. The minimum atomic E-state index is 0.432. The van der Waals surface area contributed by atoms with Crippen LogP contribution < -0.4 is 4.74 Å². The van der Waals surface area contributed by atoms with Crippen LogP contribution in [0.3, 0.4) is 0 Å². The molecule has 66 valence electrons. The number of ether oxygens (including phenoxy) is 1. The second kappa shape index (κ2) is 4.04. The second-order valence-electron chi connectivity index (χ2n) is 2.81. The first-order valence-electron chi connectivity index (χ1n) is 4.13. The Balaban J connectivity index is 2.77. The van der Waals surface area contributed by atoms with Gasteiger partial charge in [-0.2, -0.15) is 0 Å². The smallest absolute Gasteiger partial charge is 0.316 e. The lowest BCUT2D eigenvalue weighted by Gasteiger charge is -2.07. The molecule has 1 heterocycles. The summed E-state index contributed by atoms with van der Waals surface area (Å²) in [6, 6.07) is 0.432. The molecule has 0 spiro atoms. The minimum Gasteiger partial charge on any atom is -0.467 e. The van der Waals surface area contributed by atoms with Gasteiger partial charge in [0.25, 0.3) is 0 Å². The van der Waals surface area contributed by atoms with Crippen molar-refractivity contribution in [3.05, 3.63) is 18.0 Å². The molecule has 0 saturated heterocycles. The highest BCUT2D eigenvalue weighted by atomic mass is 16.5. The van der Waals surface area contributed by atoms with E-state index in [1.807, 2.05) is 12.4 Å². The standard InChI is InChI=1S/C9H14N2O/c1-4-7(2)8-5-10-9(12-3)11-6-8/h5-7H,4H2,1-3H3. The number of nitrogens with zero attached hydrogens (tertiary/aromatic N) is 2. The maximum absolute atomic E-state index is 4.86. The highest BCUT2D eigenvalue weighted by Crippen LogP contribution is 2.16. The van der Waals surface area contributed by atoms with E-state index in [1.54, 1.807) is 7.11 Å². The topological polar surface area (TPSA) is 35.0 Å². The van der Waals surface area contributed by atoms with Gasteiger partial charge in [-0.05, 0) is 17.9 Å². The number of aromatic nitrogens is 2. The molecular formula is C9H14N2O. The molecule has 1 aromatic rings. The van der Waals surface area contributed by atoms with Gasteiger partial charge in [-0.15, -0.1) is 0 Å². The first kappa shape index (κ1) is 8.97. The average Bonchev–Trinajstić information content (AvgIpc) is 2.17. The fourth-order valence-corrected chi connectivity index (χ4v) is 0.922. The lowest BCUT2D eigenvalue weighted by Crippen LogP contribution is -1.96. The van der Waals surface area contributed by atoms with Crippen molar-refractivity contribution < 1.29 is 4.74 Å². The molecule has 0 amide bonds. The molecule has 0 fully saturated rings. The van der Waals surface area contributed by atoms with E-state index in [1.165, 1.54) is 5.56 Å². The van der Waals surface area contributed by atoms with E-state index in [9.17, 15) is 0 Å². The van der Waals surface area contributed by atoms with Crippen molar-refractivity contribution in [2.24, 2.45) is 0 Å². The van der Waals surface area contributed by atoms with E-state index in [-0.39, 0.29) is 0 Å². The first-order valence-corrected chi connectivity index (χ1v) is 4.13. The fraction of sp³-hybridized carbons (Fsp3) is 0.556. The van der Waals surface area contributed by atoms with E-state index in [4.69, 9.17) is 4.74 Å². The van der Waals surface area contributed by atoms with Crippen molar-refractivity contribution in [1.82, 2.24) is 9.97 Å².